The van der Waals surface area contributed by atoms with Gasteiger partial charge in [-0.15, -0.1) is 0 Å². The molecule has 0 spiro atoms. The van der Waals surface area contributed by atoms with E-state index >= 15 is 0 Å². The van der Waals surface area contributed by atoms with Crippen molar-refractivity contribution in [1.29, 1.82) is 0 Å². The molecule has 1 aromatic carbocycles. The van der Waals surface area contributed by atoms with E-state index in [1.54, 1.807) is 12.1 Å². The lowest BCUT2D eigenvalue weighted by molar-refractivity contribution is 0.0907. The Labute approximate surface area is 95.2 Å². The smallest absolute Gasteiger partial charge is 0.127 e. The van der Waals surface area contributed by atoms with Crippen LogP contribution >= 0.6 is 0 Å². The summed E-state index contributed by atoms with van der Waals surface area (Å²) in [6.45, 7) is 2.37. The highest BCUT2D eigenvalue weighted by Gasteiger charge is 1.98. The Bertz CT molecular complexity index is 294. The van der Waals surface area contributed by atoms with Crippen LogP contribution < -0.4 is 5.32 Å². The van der Waals surface area contributed by atoms with Crippen molar-refractivity contribution in [3.8, 4) is 0 Å². The van der Waals surface area contributed by atoms with Crippen LogP contribution in [0.3, 0.4) is 0 Å². The fourth-order valence-corrected chi connectivity index (χ4v) is 1.33. The summed E-state index contributed by atoms with van der Waals surface area (Å²) in [4.78, 5) is 0. The van der Waals surface area contributed by atoms with Gasteiger partial charge < -0.3 is 15.2 Å². The minimum Gasteiger partial charge on any atom is -0.394 e. The minimum absolute atomic E-state index is 0.0582. The SMILES string of the molecule is OCCOCCCNCc1ccccc1F. The maximum atomic E-state index is 13.2. The molecule has 0 saturated heterocycles. The molecule has 0 fully saturated rings. The molecule has 0 bridgehead atoms. The van der Waals surface area contributed by atoms with Crippen LogP contribution in [-0.4, -0.2) is 31.5 Å². The fraction of sp³-hybridized carbons (Fsp3) is 0.500. The summed E-state index contributed by atoms with van der Waals surface area (Å²) in [7, 11) is 0. The summed E-state index contributed by atoms with van der Waals surface area (Å²) in [5.74, 6) is -0.175. The highest BCUT2D eigenvalue weighted by atomic mass is 19.1. The maximum absolute atomic E-state index is 13.2. The molecule has 16 heavy (non-hydrogen) atoms. The van der Waals surface area contributed by atoms with Crippen molar-refractivity contribution >= 4 is 0 Å². The van der Waals surface area contributed by atoms with Crippen molar-refractivity contribution in [1.82, 2.24) is 5.32 Å². The molecule has 0 heterocycles. The van der Waals surface area contributed by atoms with Gasteiger partial charge in [-0.25, -0.2) is 4.39 Å². The number of rotatable bonds is 8. The van der Waals surface area contributed by atoms with Crippen LogP contribution in [0.4, 0.5) is 4.39 Å². The Morgan fingerprint density at radius 2 is 2.06 bits per heavy atom. The van der Waals surface area contributed by atoms with Gasteiger partial charge in [0.2, 0.25) is 0 Å². The second-order valence-electron chi connectivity index (χ2n) is 3.46. The van der Waals surface area contributed by atoms with Crippen LogP contribution in [0.1, 0.15) is 12.0 Å². The van der Waals surface area contributed by atoms with Gasteiger partial charge in [-0.3, -0.25) is 0 Å². The first-order valence-corrected chi connectivity index (χ1v) is 5.47. The highest BCUT2D eigenvalue weighted by Crippen LogP contribution is 2.05. The summed E-state index contributed by atoms with van der Waals surface area (Å²) in [5.41, 5.74) is 0.679. The first-order chi connectivity index (χ1) is 7.84. The molecule has 0 unspecified atom stereocenters. The summed E-state index contributed by atoms with van der Waals surface area (Å²) < 4.78 is 18.3. The van der Waals surface area contributed by atoms with Gasteiger partial charge in [-0.1, -0.05) is 18.2 Å². The number of ether oxygens (including phenoxy) is 1. The molecule has 4 heteroatoms. The largest absolute Gasteiger partial charge is 0.394 e. The van der Waals surface area contributed by atoms with Gasteiger partial charge in [-0.05, 0) is 19.0 Å². The molecule has 0 aliphatic heterocycles. The summed E-state index contributed by atoms with van der Waals surface area (Å²) in [6.07, 6.45) is 0.856. The number of hydrogen-bond donors (Lipinski definition) is 2. The van der Waals surface area contributed by atoms with Crippen LogP contribution in [0.2, 0.25) is 0 Å². The molecule has 0 saturated carbocycles. The second kappa shape index (κ2) is 8.21. The predicted octanol–water partition coefficient (Wildman–Crippen LogP) is 1.31. The summed E-state index contributed by atoms with van der Waals surface area (Å²) in [6, 6.07) is 6.73. The molecule has 3 nitrogen and oxygen atoms in total. The number of aliphatic hydroxyl groups excluding tert-OH is 1. The molecule has 1 aromatic rings. The molecule has 90 valence electrons. The third-order valence-corrected chi connectivity index (χ3v) is 2.15. The maximum Gasteiger partial charge on any atom is 0.127 e. The molecule has 2 N–H and O–H groups in total. The average molecular weight is 227 g/mol. The van der Waals surface area contributed by atoms with Crippen molar-refractivity contribution in [2.45, 2.75) is 13.0 Å². The van der Waals surface area contributed by atoms with E-state index in [4.69, 9.17) is 9.84 Å². The van der Waals surface area contributed by atoms with E-state index in [0.29, 0.717) is 25.3 Å². The normalized spacial score (nSPS) is 10.6. The molecule has 0 aliphatic carbocycles. The third-order valence-electron chi connectivity index (χ3n) is 2.15. The van der Waals surface area contributed by atoms with E-state index in [2.05, 4.69) is 5.32 Å². The van der Waals surface area contributed by atoms with Gasteiger partial charge >= 0.3 is 0 Å². The number of aliphatic hydroxyl groups is 1. The fourth-order valence-electron chi connectivity index (χ4n) is 1.33. The van der Waals surface area contributed by atoms with Crippen molar-refractivity contribution < 1.29 is 14.2 Å². The second-order valence-corrected chi connectivity index (χ2v) is 3.46. The van der Waals surface area contributed by atoms with Crippen LogP contribution in [0, 0.1) is 5.82 Å². The van der Waals surface area contributed by atoms with E-state index < -0.39 is 0 Å². The lowest BCUT2D eigenvalue weighted by atomic mass is 10.2. The monoisotopic (exact) mass is 227 g/mol. The average Bonchev–Trinajstić information content (AvgIpc) is 2.30. The number of benzene rings is 1. The van der Waals surface area contributed by atoms with Gasteiger partial charge in [0.1, 0.15) is 5.82 Å². The van der Waals surface area contributed by atoms with Gasteiger partial charge in [0.15, 0.2) is 0 Å². The zero-order valence-corrected chi connectivity index (χ0v) is 9.29. The van der Waals surface area contributed by atoms with Crippen LogP contribution in [0.25, 0.3) is 0 Å². The molecular weight excluding hydrogens is 209 g/mol. The predicted molar refractivity (Wildman–Crippen MR) is 60.6 cm³/mol. The van der Waals surface area contributed by atoms with E-state index in [-0.39, 0.29) is 12.4 Å². The van der Waals surface area contributed by atoms with Crippen molar-refractivity contribution in [2.75, 3.05) is 26.4 Å². The molecule has 0 amide bonds. The van der Waals surface area contributed by atoms with Crippen LogP contribution in [0.15, 0.2) is 24.3 Å². The van der Waals surface area contributed by atoms with E-state index in [1.807, 2.05) is 6.07 Å². The third kappa shape index (κ3) is 5.21. The van der Waals surface area contributed by atoms with Crippen LogP contribution in [-0.2, 0) is 11.3 Å². The van der Waals surface area contributed by atoms with Crippen molar-refractivity contribution in [3.05, 3.63) is 35.6 Å². The molecule has 0 aliphatic rings. The van der Waals surface area contributed by atoms with Crippen LogP contribution in [0.5, 0.6) is 0 Å². The number of nitrogens with one attached hydrogen (secondary N) is 1. The van der Waals surface area contributed by atoms with E-state index in [1.165, 1.54) is 6.07 Å². The Kier molecular flexibility index (Phi) is 6.72. The zero-order chi connectivity index (χ0) is 11.6. The highest BCUT2D eigenvalue weighted by molar-refractivity contribution is 5.16. The first-order valence-electron chi connectivity index (χ1n) is 5.47. The molecule has 1 rings (SSSR count). The zero-order valence-electron chi connectivity index (χ0n) is 9.29. The summed E-state index contributed by atoms with van der Waals surface area (Å²) in [5, 5.41) is 11.6. The Morgan fingerprint density at radius 3 is 2.81 bits per heavy atom. The van der Waals surface area contributed by atoms with E-state index in [9.17, 15) is 4.39 Å². The molecule has 0 aromatic heterocycles. The standard InChI is InChI=1S/C12H18FNO2/c13-12-5-2-1-4-11(12)10-14-6-3-8-16-9-7-15/h1-2,4-5,14-15H,3,6-10H2. The van der Waals surface area contributed by atoms with E-state index in [0.717, 1.165) is 13.0 Å². The first kappa shape index (κ1) is 13.1. The Hall–Kier alpha value is -0.970. The topological polar surface area (TPSA) is 41.5 Å². The van der Waals surface area contributed by atoms with Gasteiger partial charge in [0, 0.05) is 18.7 Å². The number of halogens is 1. The van der Waals surface area contributed by atoms with Gasteiger partial charge in [-0.2, -0.15) is 0 Å². The summed E-state index contributed by atoms with van der Waals surface area (Å²) >= 11 is 0. The lowest BCUT2D eigenvalue weighted by Gasteiger charge is -2.06. The Morgan fingerprint density at radius 1 is 1.25 bits per heavy atom. The Balaban J connectivity index is 2.05. The van der Waals surface area contributed by atoms with Crippen molar-refractivity contribution in [3.63, 3.8) is 0 Å². The van der Waals surface area contributed by atoms with Gasteiger partial charge in [0.25, 0.3) is 0 Å². The number of hydrogen-bond acceptors (Lipinski definition) is 3. The minimum atomic E-state index is -0.175. The van der Waals surface area contributed by atoms with Gasteiger partial charge in [0.05, 0.1) is 13.2 Å². The lowest BCUT2D eigenvalue weighted by Crippen LogP contribution is -2.17. The van der Waals surface area contributed by atoms with Crippen molar-refractivity contribution in [2.24, 2.45) is 0 Å². The molecular formula is C12H18FNO2. The molecule has 0 radical (unpaired) electrons. The molecule has 0 atom stereocenters. The quantitative estimate of drug-likeness (QED) is 0.658.